The Morgan fingerprint density at radius 2 is 2.05 bits per heavy atom. The van der Waals surface area contributed by atoms with Crippen molar-refractivity contribution in [3.05, 3.63) is 24.3 Å². The smallest absolute Gasteiger partial charge is 0.240 e. The fourth-order valence-electron chi connectivity index (χ4n) is 2.46. The molecule has 2 aromatic rings. The number of amides is 1. The van der Waals surface area contributed by atoms with E-state index in [-0.39, 0.29) is 23.7 Å². The fourth-order valence-corrected chi connectivity index (χ4v) is 3.29. The van der Waals surface area contributed by atoms with Gasteiger partial charge in [-0.3, -0.25) is 4.79 Å². The number of rotatable bonds is 6. The lowest BCUT2D eigenvalue weighted by atomic mass is 10.2. The highest BCUT2D eigenvalue weighted by atomic mass is 32.2. The number of nitrogens with zero attached hydrogens (tertiary/aromatic N) is 2. The third kappa shape index (κ3) is 3.65. The van der Waals surface area contributed by atoms with Gasteiger partial charge in [-0.25, -0.2) is 13.4 Å². The molecule has 1 amide bonds. The summed E-state index contributed by atoms with van der Waals surface area (Å²) in [7, 11) is -3.51. The lowest BCUT2D eigenvalue weighted by molar-refractivity contribution is -0.122. The monoisotopic (exact) mass is 323 g/mol. The number of sulfone groups is 1. The largest absolute Gasteiger partial charge is 0.352 e. The van der Waals surface area contributed by atoms with Crippen LogP contribution >= 0.6 is 0 Å². The Kier molecular flexibility index (Phi) is 4.85. The van der Waals surface area contributed by atoms with Crippen molar-refractivity contribution in [3.8, 4) is 0 Å². The van der Waals surface area contributed by atoms with E-state index in [4.69, 9.17) is 0 Å². The molecule has 0 saturated heterocycles. The molecule has 120 valence electrons. The van der Waals surface area contributed by atoms with Crippen LogP contribution in [0.3, 0.4) is 0 Å². The summed E-state index contributed by atoms with van der Waals surface area (Å²) in [6, 6.07) is 7.14. The molecule has 0 aliphatic carbocycles. The van der Waals surface area contributed by atoms with Crippen molar-refractivity contribution in [3.63, 3.8) is 0 Å². The Morgan fingerprint density at radius 3 is 2.68 bits per heavy atom. The quantitative estimate of drug-likeness (QED) is 0.878. The standard InChI is InChI=1S/C15H21N3O3S/c1-4-7-11(2)16-14(19)10-18-13-9-6-5-8-12(13)17-15(18)22(3,20)21/h5-6,8-9,11H,4,7,10H2,1-3H3,(H,16,19). The van der Waals surface area contributed by atoms with E-state index in [1.807, 2.05) is 13.8 Å². The van der Waals surface area contributed by atoms with E-state index in [0.29, 0.717) is 11.0 Å². The summed E-state index contributed by atoms with van der Waals surface area (Å²) in [6.45, 7) is 3.93. The zero-order valence-electron chi connectivity index (χ0n) is 13.0. The predicted molar refractivity (Wildman–Crippen MR) is 85.4 cm³/mol. The van der Waals surface area contributed by atoms with E-state index in [1.54, 1.807) is 24.3 Å². The number of hydrogen-bond acceptors (Lipinski definition) is 4. The van der Waals surface area contributed by atoms with Crippen molar-refractivity contribution in [2.24, 2.45) is 0 Å². The lowest BCUT2D eigenvalue weighted by Gasteiger charge is -2.14. The molecule has 1 aromatic heterocycles. The second-order valence-corrected chi connectivity index (χ2v) is 7.41. The average molecular weight is 323 g/mol. The van der Waals surface area contributed by atoms with Gasteiger partial charge in [0.05, 0.1) is 11.0 Å². The minimum absolute atomic E-state index is 0.0586. The van der Waals surface area contributed by atoms with E-state index >= 15 is 0 Å². The molecule has 0 spiro atoms. The number of carbonyl (C=O) groups excluding carboxylic acids is 1. The highest BCUT2D eigenvalue weighted by molar-refractivity contribution is 7.90. The maximum Gasteiger partial charge on any atom is 0.240 e. The van der Waals surface area contributed by atoms with Crippen LogP contribution in [-0.2, 0) is 21.2 Å². The van der Waals surface area contributed by atoms with Crippen molar-refractivity contribution < 1.29 is 13.2 Å². The number of nitrogens with one attached hydrogen (secondary N) is 1. The second-order valence-electron chi connectivity index (χ2n) is 5.50. The lowest BCUT2D eigenvalue weighted by Crippen LogP contribution is -2.35. The summed E-state index contributed by atoms with van der Waals surface area (Å²) >= 11 is 0. The van der Waals surface area contributed by atoms with Crippen LogP contribution in [0.1, 0.15) is 26.7 Å². The van der Waals surface area contributed by atoms with Gasteiger partial charge in [-0.2, -0.15) is 0 Å². The minimum Gasteiger partial charge on any atom is -0.352 e. The number of fused-ring (bicyclic) bond motifs is 1. The molecular formula is C15H21N3O3S. The van der Waals surface area contributed by atoms with Crippen LogP contribution in [0.15, 0.2) is 29.4 Å². The number of benzene rings is 1. The first kappa shape index (κ1) is 16.5. The highest BCUT2D eigenvalue weighted by Gasteiger charge is 2.21. The van der Waals surface area contributed by atoms with E-state index in [0.717, 1.165) is 19.1 Å². The van der Waals surface area contributed by atoms with Gasteiger partial charge < -0.3 is 9.88 Å². The van der Waals surface area contributed by atoms with Gasteiger partial charge in [0.25, 0.3) is 0 Å². The Hall–Kier alpha value is -1.89. The summed E-state index contributed by atoms with van der Waals surface area (Å²) < 4.78 is 25.3. The normalized spacial score (nSPS) is 13.2. The summed E-state index contributed by atoms with van der Waals surface area (Å²) in [5.74, 6) is -0.214. The Bertz CT molecular complexity index is 780. The first-order valence-electron chi connectivity index (χ1n) is 7.27. The van der Waals surface area contributed by atoms with Crippen LogP contribution in [0.25, 0.3) is 11.0 Å². The number of para-hydroxylation sites is 2. The molecule has 1 N–H and O–H groups in total. The number of carbonyl (C=O) groups is 1. The van der Waals surface area contributed by atoms with Crippen molar-refractivity contribution in [1.82, 2.24) is 14.9 Å². The van der Waals surface area contributed by atoms with Crippen LogP contribution in [0.2, 0.25) is 0 Å². The number of aromatic nitrogens is 2. The van der Waals surface area contributed by atoms with Gasteiger partial charge in [0.15, 0.2) is 0 Å². The summed E-state index contributed by atoms with van der Waals surface area (Å²) in [4.78, 5) is 16.3. The van der Waals surface area contributed by atoms with Crippen molar-refractivity contribution in [1.29, 1.82) is 0 Å². The minimum atomic E-state index is -3.51. The molecule has 1 atom stereocenters. The topological polar surface area (TPSA) is 81.1 Å². The Morgan fingerprint density at radius 1 is 1.36 bits per heavy atom. The van der Waals surface area contributed by atoms with Gasteiger partial charge in [0.1, 0.15) is 6.54 Å². The molecule has 1 heterocycles. The van der Waals surface area contributed by atoms with Gasteiger partial charge in [0, 0.05) is 12.3 Å². The zero-order chi connectivity index (χ0) is 16.3. The van der Waals surface area contributed by atoms with Crippen molar-refractivity contribution >= 4 is 26.8 Å². The summed E-state index contributed by atoms with van der Waals surface area (Å²) in [5.41, 5.74) is 1.21. The second kappa shape index (κ2) is 6.48. The van der Waals surface area contributed by atoms with E-state index in [9.17, 15) is 13.2 Å². The molecule has 0 radical (unpaired) electrons. The predicted octanol–water partition coefficient (Wildman–Crippen LogP) is 1.74. The molecular weight excluding hydrogens is 302 g/mol. The van der Waals surface area contributed by atoms with Crippen LogP contribution in [0, 0.1) is 0 Å². The van der Waals surface area contributed by atoms with Crippen molar-refractivity contribution in [2.75, 3.05) is 6.26 Å². The maximum atomic E-state index is 12.2. The van der Waals surface area contributed by atoms with Crippen LogP contribution in [-0.4, -0.2) is 36.2 Å². The van der Waals surface area contributed by atoms with E-state index in [1.165, 1.54) is 4.57 Å². The molecule has 1 aromatic carbocycles. The van der Waals surface area contributed by atoms with E-state index < -0.39 is 9.84 Å². The summed E-state index contributed by atoms with van der Waals surface area (Å²) in [6.07, 6.45) is 2.96. The van der Waals surface area contributed by atoms with Crippen LogP contribution in [0.4, 0.5) is 0 Å². The Labute approximate surface area is 130 Å². The van der Waals surface area contributed by atoms with Crippen molar-refractivity contribution in [2.45, 2.75) is 44.4 Å². The third-order valence-corrected chi connectivity index (χ3v) is 4.36. The SMILES string of the molecule is CCCC(C)NC(=O)Cn1c(S(C)(=O)=O)nc2ccccc21. The number of imidazole rings is 1. The molecule has 0 aliphatic rings. The zero-order valence-corrected chi connectivity index (χ0v) is 13.9. The van der Waals surface area contributed by atoms with E-state index in [2.05, 4.69) is 10.3 Å². The molecule has 2 rings (SSSR count). The molecule has 0 fully saturated rings. The summed E-state index contributed by atoms with van der Waals surface area (Å²) in [5, 5.41) is 2.80. The fraction of sp³-hybridized carbons (Fsp3) is 0.467. The van der Waals surface area contributed by atoms with Gasteiger partial charge in [0.2, 0.25) is 20.9 Å². The van der Waals surface area contributed by atoms with Gasteiger partial charge >= 0.3 is 0 Å². The Balaban J connectivity index is 2.35. The van der Waals surface area contributed by atoms with Crippen LogP contribution < -0.4 is 5.32 Å². The molecule has 7 heteroatoms. The maximum absolute atomic E-state index is 12.2. The molecule has 0 bridgehead atoms. The molecule has 22 heavy (non-hydrogen) atoms. The number of hydrogen-bond donors (Lipinski definition) is 1. The first-order chi connectivity index (χ1) is 10.3. The van der Waals surface area contributed by atoms with Gasteiger partial charge in [-0.15, -0.1) is 0 Å². The molecule has 0 saturated carbocycles. The molecule has 0 aliphatic heterocycles. The van der Waals surface area contributed by atoms with Gasteiger partial charge in [-0.05, 0) is 25.5 Å². The average Bonchev–Trinajstić information content (AvgIpc) is 2.78. The highest BCUT2D eigenvalue weighted by Crippen LogP contribution is 2.19. The molecule has 1 unspecified atom stereocenters. The molecule has 6 nitrogen and oxygen atoms in total. The first-order valence-corrected chi connectivity index (χ1v) is 9.16. The van der Waals surface area contributed by atoms with Gasteiger partial charge in [-0.1, -0.05) is 25.5 Å². The third-order valence-electron chi connectivity index (χ3n) is 3.38. The van der Waals surface area contributed by atoms with Crippen LogP contribution in [0.5, 0.6) is 0 Å².